The number of aromatic amines is 1. The van der Waals surface area contributed by atoms with Gasteiger partial charge in [0.05, 0.1) is 26.0 Å². The van der Waals surface area contributed by atoms with Crippen LogP contribution in [0.5, 0.6) is 11.5 Å². The Balaban J connectivity index is 1.56. The summed E-state index contributed by atoms with van der Waals surface area (Å²) in [5.74, 6) is 2.64. The van der Waals surface area contributed by atoms with Crippen molar-refractivity contribution in [1.82, 2.24) is 19.6 Å². The van der Waals surface area contributed by atoms with Crippen molar-refractivity contribution in [2.45, 2.75) is 51.6 Å². The molecule has 0 amide bonds. The Labute approximate surface area is 204 Å². The van der Waals surface area contributed by atoms with Gasteiger partial charge in [0.1, 0.15) is 11.6 Å². The van der Waals surface area contributed by atoms with Crippen molar-refractivity contribution in [3.63, 3.8) is 0 Å². The van der Waals surface area contributed by atoms with Crippen LogP contribution in [0.3, 0.4) is 0 Å². The number of ether oxygens (including phenoxy) is 2. The van der Waals surface area contributed by atoms with Gasteiger partial charge in [-0.15, -0.1) is 0 Å². The van der Waals surface area contributed by atoms with Gasteiger partial charge < -0.3 is 14.6 Å². The zero-order valence-electron chi connectivity index (χ0n) is 20.6. The number of methoxy groups -OCH3 is 2. The maximum absolute atomic E-state index is 12.8. The third-order valence-corrected chi connectivity index (χ3v) is 6.35. The second kappa shape index (κ2) is 10.7. The number of aliphatic hydroxyl groups excluding tert-OH is 1. The molecule has 0 radical (unpaired) electrons. The van der Waals surface area contributed by atoms with Crippen LogP contribution in [0.15, 0.2) is 53.3 Å². The Morgan fingerprint density at radius 1 is 1.06 bits per heavy atom. The molecule has 35 heavy (non-hydrogen) atoms. The topological polar surface area (TPSA) is 102 Å². The van der Waals surface area contributed by atoms with Gasteiger partial charge in [0.25, 0.3) is 5.56 Å². The predicted molar refractivity (Wildman–Crippen MR) is 134 cm³/mol. The van der Waals surface area contributed by atoms with Gasteiger partial charge >= 0.3 is 0 Å². The van der Waals surface area contributed by atoms with Gasteiger partial charge in [0.2, 0.25) is 0 Å². The molecule has 2 aromatic heterocycles. The van der Waals surface area contributed by atoms with Crippen LogP contribution < -0.4 is 15.0 Å². The Morgan fingerprint density at radius 3 is 2.49 bits per heavy atom. The molecule has 2 N–H and O–H groups in total. The van der Waals surface area contributed by atoms with E-state index < -0.39 is 6.10 Å². The van der Waals surface area contributed by atoms with Crippen LogP contribution >= 0.6 is 0 Å². The molecule has 0 aliphatic rings. The minimum Gasteiger partial charge on any atom is -0.493 e. The largest absolute Gasteiger partial charge is 0.493 e. The summed E-state index contributed by atoms with van der Waals surface area (Å²) in [7, 11) is 3.19. The number of nitrogens with one attached hydrogen (secondary N) is 1. The maximum Gasteiger partial charge on any atom is 0.299 e. The highest BCUT2D eigenvalue weighted by atomic mass is 16.5. The summed E-state index contributed by atoms with van der Waals surface area (Å²) in [5, 5.41) is 13.6. The van der Waals surface area contributed by atoms with E-state index in [4.69, 9.17) is 9.47 Å². The smallest absolute Gasteiger partial charge is 0.299 e. The second-order valence-corrected chi connectivity index (χ2v) is 8.79. The van der Waals surface area contributed by atoms with Crippen molar-refractivity contribution in [3.8, 4) is 11.5 Å². The molecule has 0 spiro atoms. The van der Waals surface area contributed by atoms with Gasteiger partial charge in [-0.3, -0.25) is 9.89 Å². The van der Waals surface area contributed by atoms with Crippen molar-refractivity contribution in [1.29, 1.82) is 0 Å². The number of benzene rings is 2. The average Bonchev–Trinajstić information content (AvgIpc) is 3.17. The fourth-order valence-electron chi connectivity index (χ4n) is 4.59. The highest BCUT2D eigenvalue weighted by Crippen LogP contribution is 2.28. The van der Waals surface area contributed by atoms with Crippen molar-refractivity contribution in [2.75, 3.05) is 14.2 Å². The van der Waals surface area contributed by atoms with E-state index in [0.717, 1.165) is 29.8 Å². The molecule has 0 saturated heterocycles. The number of H-pyrrole nitrogens is 1. The molecule has 0 bridgehead atoms. The fourth-order valence-corrected chi connectivity index (χ4v) is 4.59. The Morgan fingerprint density at radius 2 is 1.80 bits per heavy atom. The summed E-state index contributed by atoms with van der Waals surface area (Å²) in [4.78, 5) is 21.8. The predicted octanol–water partition coefficient (Wildman–Crippen LogP) is 3.82. The summed E-state index contributed by atoms with van der Waals surface area (Å²) in [5.41, 5.74) is 2.88. The van der Waals surface area contributed by atoms with Gasteiger partial charge in [-0.2, -0.15) is 4.98 Å². The average molecular weight is 477 g/mol. The molecule has 8 heteroatoms. The van der Waals surface area contributed by atoms with Crippen LogP contribution in [0.25, 0.3) is 5.52 Å². The van der Waals surface area contributed by atoms with Gasteiger partial charge in [-0.05, 0) is 49.9 Å². The lowest BCUT2D eigenvalue weighted by Crippen LogP contribution is -2.18. The van der Waals surface area contributed by atoms with Crippen LogP contribution in [0.2, 0.25) is 0 Å². The minimum absolute atomic E-state index is 0.0462. The molecule has 2 atom stereocenters. The second-order valence-electron chi connectivity index (χ2n) is 8.79. The van der Waals surface area contributed by atoms with Crippen molar-refractivity contribution in [3.05, 3.63) is 87.4 Å². The highest BCUT2D eigenvalue weighted by Gasteiger charge is 2.19. The van der Waals surface area contributed by atoms with Crippen LogP contribution in [0, 0.1) is 6.92 Å². The number of rotatable bonds is 10. The first-order valence-electron chi connectivity index (χ1n) is 11.8. The first-order valence-corrected chi connectivity index (χ1v) is 11.8. The normalized spacial score (nSPS) is 13.1. The molecule has 184 valence electrons. The third kappa shape index (κ3) is 5.38. The number of hydrogen-bond donors (Lipinski definition) is 2. The number of imidazole rings is 1. The van der Waals surface area contributed by atoms with Crippen LogP contribution in [-0.4, -0.2) is 45.0 Å². The molecule has 0 aliphatic carbocycles. The van der Waals surface area contributed by atoms with Crippen molar-refractivity contribution < 1.29 is 14.6 Å². The number of aliphatic hydroxyl groups is 1. The van der Waals surface area contributed by atoms with Crippen molar-refractivity contribution >= 4 is 5.52 Å². The van der Waals surface area contributed by atoms with Gasteiger partial charge in [-0.1, -0.05) is 36.4 Å². The zero-order chi connectivity index (χ0) is 24.9. The monoisotopic (exact) mass is 476 g/mol. The Kier molecular flexibility index (Phi) is 7.51. The van der Waals surface area contributed by atoms with Crippen LogP contribution in [0.1, 0.15) is 54.2 Å². The molecule has 0 aliphatic heterocycles. The molecule has 0 fully saturated rings. The molecule has 4 rings (SSSR count). The number of aryl methyl sites for hydroxylation is 2. The highest BCUT2D eigenvalue weighted by molar-refractivity contribution is 5.50. The molecular weight excluding hydrogens is 444 g/mol. The van der Waals surface area contributed by atoms with Gasteiger partial charge in [-0.25, -0.2) is 9.50 Å². The van der Waals surface area contributed by atoms with Gasteiger partial charge in [0, 0.05) is 18.8 Å². The van der Waals surface area contributed by atoms with E-state index in [9.17, 15) is 9.90 Å². The van der Waals surface area contributed by atoms with E-state index >= 15 is 0 Å². The van der Waals surface area contributed by atoms with Crippen LogP contribution in [0.4, 0.5) is 0 Å². The van der Waals surface area contributed by atoms with E-state index in [0.29, 0.717) is 41.4 Å². The summed E-state index contributed by atoms with van der Waals surface area (Å²) in [6, 6.07) is 15.7. The van der Waals surface area contributed by atoms with E-state index in [2.05, 4.69) is 27.2 Å². The molecule has 2 aromatic carbocycles. The standard InChI is InChI=1S/C27H32N4O4/c1-17-26-27(33)29-24(16-19-13-14-22(34-3)23(15-19)35-4)30-31(26)25(28-17)12-8-11-21(18(2)32)20-9-6-5-7-10-20/h5-7,9-10,13-15,18,21,32H,8,11-12,16H2,1-4H3,(H,29,30,33)/t18-,21?/m1/s1. The molecule has 8 nitrogen and oxygen atoms in total. The van der Waals surface area contributed by atoms with E-state index in [1.807, 2.05) is 50.2 Å². The zero-order valence-corrected chi connectivity index (χ0v) is 20.6. The maximum atomic E-state index is 12.8. The fraction of sp³-hybridized carbons (Fsp3) is 0.370. The first-order chi connectivity index (χ1) is 16.9. The molecule has 2 heterocycles. The molecule has 1 unspecified atom stereocenters. The van der Waals surface area contributed by atoms with Crippen molar-refractivity contribution in [2.24, 2.45) is 0 Å². The first kappa shape index (κ1) is 24.5. The Hall–Kier alpha value is -3.65. The SMILES string of the molecule is COc1ccc(Cc2nc(=O)c3c(C)nc(CCCC(c4ccccc4)[C@@H](C)O)n3[nH]2)cc1OC. The van der Waals surface area contributed by atoms with Crippen LogP contribution in [-0.2, 0) is 12.8 Å². The van der Waals surface area contributed by atoms with Gasteiger partial charge in [0.15, 0.2) is 17.0 Å². The molecular formula is C27H32N4O4. The number of nitrogens with zero attached hydrogens (tertiary/aromatic N) is 3. The summed E-state index contributed by atoms with van der Waals surface area (Å²) < 4.78 is 12.5. The lowest BCUT2D eigenvalue weighted by molar-refractivity contribution is 0.156. The quantitative estimate of drug-likeness (QED) is 0.361. The lowest BCUT2D eigenvalue weighted by Gasteiger charge is -2.20. The lowest BCUT2D eigenvalue weighted by atomic mass is 9.89. The minimum atomic E-state index is -0.451. The molecule has 0 saturated carbocycles. The summed E-state index contributed by atoms with van der Waals surface area (Å²) in [6.07, 6.45) is 2.27. The van der Waals surface area contributed by atoms with E-state index in [1.165, 1.54) is 0 Å². The van der Waals surface area contributed by atoms with E-state index in [-0.39, 0.29) is 11.5 Å². The summed E-state index contributed by atoms with van der Waals surface area (Å²) in [6.45, 7) is 3.66. The third-order valence-electron chi connectivity index (χ3n) is 6.35. The van der Waals surface area contributed by atoms with E-state index in [1.54, 1.807) is 18.7 Å². The number of fused-ring (bicyclic) bond motifs is 1. The molecule has 4 aromatic rings. The Bertz CT molecular complexity index is 1340. The number of aromatic nitrogens is 4. The number of hydrogen-bond acceptors (Lipinski definition) is 6. The summed E-state index contributed by atoms with van der Waals surface area (Å²) >= 11 is 0.